The summed E-state index contributed by atoms with van der Waals surface area (Å²) in [6.45, 7) is 7.00. The number of nitrogens with one attached hydrogen (secondary N) is 1. The minimum Gasteiger partial charge on any atom is -0.299 e. The van der Waals surface area contributed by atoms with Crippen molar-refractivity contribution in [3.8, 4) is 0 Å². The zero-order valence-corrected chi connectivity index (χ0v) is 13.1. The maximum absolute atomic E-state index is 12.0. The molecule has 0 bridgehead atoms. The van der Waals surface area contributed by atoms with Gasteiger partial charge in [-0.05, 0) is 50.2 Å². The first-order chi connectivity index (χ1) is 8.99. The first-order valence-corrected chi connectivity index (χ1v) is 9.12. The Morgan fingerprint density at radius 2 is 2.16 bits per heavy atom. The molecule has 1 N–H and O–H groups in total. The van der Waals surface area contributed by atoms with E-state index in [4.69, 9.17) is 0 Å². The van der Waals surface area contributed by atoms with Gasteiger partial charge in [0.05, 0.1) is 0 Å². The van der Waals surface area contributed by atoms with Crippen LogP contribution in [-0.2, 0) is 10.0 Å². The van der Waals surface area contributed by atoms with Gasteiger partial charge in [-0.15, -0.1) is 11.3 Å². The third-order valence-electron chi connectivity index (χ3n) is 3.77. The highest BCUT2D eigenvalue weighted by molar-refractivity contribution is 7.91. The molecule has 2 rings (SSSR count). The highest BCUT2D eigenvalue weighted by Crippen LogP contribution is 2.19. The minimum atomic E-state index is -3.32. The second-order valence-electron chi connectivity index (χ2n) is 5.35. The van der Waals surface area contributed by atoms with E-state index in [1.807, 2.05) is 0 Å². The first-order valence-electron chi connectivity index (χ1n) is 6.76. The molecule has 0 spiro atoms. The average molecular weight is 302 g/mol. The molecule has 1 aliphatic heterocycles. The Morgan fingerprint density at radius 1 is 1.47 bits per heavy atom. The predicted octanol–water partition coefficient (Wildman–Crippen LogP) is 2.15. The van der Waals surface area contributed by atoms with Crippen LogP contribution in [0.2, 0.25) is 0 Å². The van der Waals surface area contributed by atoms with E-state index >= 15 is 0 Å². The molecule has 108 valence electrons. The van der Waals surface area contributed by atoms with Gasteiger partial charge in [0.2, 0.25) is 10.0 Å². The van der Waals surface area contributed by atoms with Crippen molar-refractivity contribution >= 4 is 21.4 Å². The zero-order valence-electron chi connectivity index (χ0n) is 11.5. The van der Waals surface area contributed by atoms with Crippen LogP contribution in [0.25, 0.3) is 0 Å². The van der Waals surface area contributed by atoms with Gasteiger partial charge in [-0.1, -0.05) is 13.0 Å². The molecular weight excluding hydrogens is 280 g/mol. The molecule has 0 saturated carbocycles. The molecule has 0 amide bonds. The molecule has 1 unspecified atom stereocenters. The highest BCUT2D eigenvalue weighted by Gasteiger charge is 2.22. The number of thiophene rings is 1. The second-order valence-corrected chi connectivity index (χ2v) is 8.29. The predicted molar refractivity (Wildman–Crippen MR) is 78.9 cm³/mol. The lowest BCUT2D eigenvalue weighted by atomic mass is 9.98. The summed E-state index contributed by atoms with van der Waals surface area (Å²) >= 11 is 1.25. The van der Waals surface area contributed by atoms with Crippen molar-refractivity contribution in [1.29, 1.82) is 0 Å². The van der Waals surface area contributed by atoms with E-state index in [0.717, 1.165) is 19.0 Å². The summed E-state index contributed by atoms with van der Waals surface area (Å²) in [7, 11) is -3.32. The Kier molecular flexibility index (Phi) is 5.00. The van der Waals surface area contributed by atoms with E-state index < -0.39 is 10.0 Å². The summed E-state index contributed by atoms with van der Waals surface area (Å²) in [5.74, 6) is 0.797. The lowest BCUT2D eigenvalue weighted by molar-refractivity contribution is 0.148. The molecule has 1 aromatic heterocycles. The standard InChI is InChI=1S/C13H22N2O2S2/c1-11-5-7-15(8-6-11)12(2)10-14-19(16,17)13-4-3-9-18-13/h3-4,9,11-12,14H,5-8,10H2,1-2H3. The fraction of sp³-hybridized carbons (Fsp3) is 0.692. The number of nitrogens with zero attached hydrogens (tertiary/aromatic N) is 1. The summed E-state index contributed by atoms with van der Waals surface area (Å²) < 4.78 is 27.1. The van der Waals surface area contributed by atoms with Gasteiger partial charge < -0.3 is 0 Å². The summed E-state index contributed by atoms with van der Waals surface area (Å²) in [5.41, 5.74) is 0. The Morgan fingerprint density at radius 3 is 2.74 bits per heavy atom. The van der Waals surface area contributed by atoms with Crippen molar-refractivity contribution < 1.29 is 8.42 Å². The van der Waals surface area contributed by atoms with Gasteiger partial charge in [0.15, 0.2) is 0 Å². The Bertz CT molecular complexity index is 477. The second kappa shape index (κ2) is 6.35. The monoisotopic (exact) mass is 302 g/mol. The minimum absolute atomic E-state index is 0.252. The van der Waals surface area contributed by atoms with Crippen LogP contribution >= 0.6 is 11.3 Å². The van der Waals surface area contributed by atoms with Crippen LogP contribution < -0.4 is 4.72 Å². The van der Waals surface area contributed by atoms with Gasteiger partial charge in [0, 0.05) is 12.6 Å². The SMILES string of the molecule is CC1CCN(C(C)CNS(=O)(=O)c2cccs2)CC1. The molecule has 0 aliphatic carbocycles. The molecule has 1 aliphatic rings. The Balaban J connectivity index is 1.85. The van der Waals surface area contributed by atoms with Crippen LogP contribution in [0.3, 0.4) is 0 Å². The van der Waals surface area contributed by atoms with E-state index in [1.165, 1.54) is 24.2 Å². The van der Waals surface area contributed by atoms with Gasteiger partial charge in [0.1, 0.15) is 4.21 Å². The first kappa shape index (κ1) is 15.0. The summed E-state index contributed by atoms with van der Waals surface area (Å²) in [4.78, 5) is 2.37. The van der Waals surface area contributed by atoms with Gasteiger partial charge >= 0.3 is 0 Å². The Labute approximate surface area is 119 Å². The van der Waals surface area contributed by atoms with E-state index in [2.05, 4.69) is 23.5 Å². The molecule has 0 radical (unpaired) electrons. The number of piperidine rings is 1. The van der Waals surface area contributed by atoms with Crippen LogP contribution in [0, 0.1) is 5.92 Å². The van der Waals surface area contributed by atoms with Crippen LogP contribution in [0.15, 0.2) is 21.7 Å². The van der Waals surface area contributed by atoms with E-state index in [0.29, 0.717) is 10.8 Å². The molecule has 6 heteroatoms. The number of sulfonamides is 1. The topological polar surface area (TPSA) is 49.4 Å². The van der Waals surface area contributed by atoms with Gasteiger partial charge in [-0.3, -0.25) is 4.90 Å². The van der Waals surface area contributed by atoms with Crippen LogP contribution in [0.1, 0.15) is 26.7 Å². The van der Waals surface area contributed by atoms with E-state index in [1.54, 1.807) is 17.5 Å². The maximum Gasteiger partial charge on any atom is 0.250 e. The lowest BCUT2D eigenvalue weighted by Crippen LogP contribution is -2.45. The van der Waals surface area contributed by atoms with Crippen molar-refractivity contribution in [3.63, 3.8) is 0 Å². The molecule has 1 saturated heterocycles. The quantitative estimate of drug-likeness (QED) is 0.906. The molecule has 1 atom stereocenters. The molecule has 0 aromatic carbocycles. The number of rotatable bonds is 5. The lowest BCUT2D eigenvalue weighted by Gasteiger charge is -2.34. The molecule has 1 fully saturated rings. The van der Waals surface area contributed by atoms with Crippen molar-refractivity contribution in [1.82, 2.24) is 9.62 Å². The normalized spacial score (nSPS) is 20.5. The smallest absolute Gasteiger partial charge is 0.250 e. The third-order valence-corrected chi connectivity index (χ3v) is 6.59. The van der Waals surface area contributed by atoms with Crippen molar-refractivity contribution in [2.75, 3.05) is 19.6 Å². The molecule has 4 nitrogen and oxygen atoms in total. The van der Waals surface area contributed by atoms with Crippen LogP contribution in [0.4, 0.5) is 0 Å². The third kappa shape index (κ3) is 4.02. The average Bonchev–Trinajstić information content (AvgIpc) is 2.91. The van der Waals surface area contributed by atoms with Crippen molar-refractivity contribution in [2.45, 2.75) is 36.9 Å². The molecule has 2 heterocycles. The van der Waals surface area contributed by atoms with E-state index in [9.17, 15) is 8.42 Å². The van der Waals surface area contributed by atoms with Gasteiger partial charge in [0.25, 0.3) is 0 Å². The fourth-order valence-corrected chi connectivity index (χ4v) is 4.48. The van der Waals surface area contributed by atoms with Crippen molar-refractivity contribution in [3.05, 3.63) is 17.5 Å². The largest absolute Gasteiger partial charge is 0.299 e. The summed E-state index contributed by atoms with van der Waals surface area (Å²) in [6.07, 6.45) is 2.42. The van der Waals surface area contributed by atoms with Crippen molar-refractivity contribution in [2.24, 2.45) is 5.92 Å². The summed E-state index contributed by atoms with van der Waals surface area (Å²) in [6, 6.07) is 3.65. The summed E-state index contributed by atoms with van der Waals surface area (Å²) in [5, 5.41) is 1.78. The fourth-order valence-electron chi connectivity index (χ4n) is 2.32. The maximum atomic E-state index is 12.0. The highest BCUT2D eigenvalue weighted by atomic mass is 32.2. The van der Waals surface area contributed by atoms with Gasteiger partial charge in [-0.2, -0.15) is 0 Å². The molecule has 1 aromatic rings. The molecular formula is C13H22N2O2S2. The van der Waals surface area contributed by atoms with Crippen LogP contribution in [-0.4, -0.2) is 39.0 Å². The Hall–Kier alpha value is -0.430. The van der Waals surface area contributed by atoms with Crippen LogP contribution in [0.5, 0.6) is 0 Å². The molecule has 19 heavy (non-hydrogen) atoms. The number of hydrogen-bond donors (Lipinski definition) is 1. The number of likely N-dealkylation sites (tertiary alicyclic amines) is 1. The van der Waals surface area contributed by atoms with Gasteiger partial charge in [-0.25, -0.2) is 13.1 Å². The zero-order chi connectivity index (χ0) is 13.9. The van der Waals surface area contributed by atoms with E-state index in [-0.39, 0.29) is 6.04 Å². The number of hydrogen-bond acceptors (Lipinski definition) is 4.